The van der Waals surface area contributed by atoms with Gasteiger partial charge in [-0.2, -0.15) is 0 Å². The molecule has 0 unspecified atom stereocenters. The van der Waals surface area contributed by atoms with E-state index in [4.69, 9.17) is 18.6 Å². The van der Waals surface area contributed by atoms with Crippen LogP contribution in [0.5, 0.6) is 0 Å². The molecule has 1 heterocycles. The summed E-state index contributed by atoms with van der Waals surface area (Å²) in [6, 6.07) is 1.46. The highest BCUT2D eigenvalue weighted by atomic mass is 31.2. The Balaban J connectivity index is 3.14. The fourth-order valence-electron chi connectivity index (χ4n) is 1.30. The summed E-state index contributed by atoms with van der Waals surface area (Å²) in [6.07, 6.45) is 2.58. The van der Waals surface area contributed by atoms with Crippen LogP contribution in [0.25, 0.3) is 5.57 Å². The van der Waals surface area contributed by atoms with Crippen LogP contribution in [0.1, 0.15) is 19.4 Å². The molecule has 0 saturated carbocycles. The van der Waals surface area contributed by atoms with Crippen LogP contribution in [0.3, 0.4) is 0 Å². The fourth-order valence-corrected chi connectivity index (χ4v) is 2.82. The molecule has 0 amide bonds. The molecule has 0 fully saturated rings. The van der Waals surface area contributed by atoms with Crippen LogP contribution in [0.4, 0.5) is 0 Å². The zero-order valence-corrected chi connectivity index (χ0v) is 11.1. The van der Waals surface area contributed by atoms with Gasteiger partial charge < -0.3 is 18.6 Å². The Hall–Kier alpha value is -1.36. The minimum Gasteiger partial charge on any atom is -0.478 e. The average molecular weight is 274 g/mol. The van der Waals surface area contributed by atoms with Crippen molar-refractivity contribution in [1.82, 2.24) is 0 Å². The monoisotopic (exact) mass is 274 g/mol. The van der Waals surface area contributed by atoms with Gasteiger partial charge in [0.15, 0.2) is 0 Å². The third kappa shape index (κ3) is 3.84. The molecule has 0 bridgehead atoms. The molecule has 0 aliphatic rings. The lowest BCUT2D eigenvalue weighted by atomic mass is 10.2. The fraction of sp³-hybridized carbons (Fsp3) is 0.364. The molecule has 0 aliphatic carbocycles. The average Bonchev–Trinajstić information content (AvgIpc) is 2.79. The number of carboxylic acid groups (broad SMARTS) is 1. The second-order valence-electron chi connectivity index (χ2n) is 3.24. The predicted molar refractivity (Wildman–Crippen MR) is 65.2 cm³/mol. The second-order valence-corrected chi connectivity index (χ2v) is 5.09. The summed E-state index contributed by atoms with van der Waals surface area (Å²) < 4.78 is 27.0. The Morgan fingerprint density at radius 3 is 2.44 bits per heavy atom. The summed E-state index contributed by atoms with van der Waals surface area (Å²) in [6.45, 7) is 3.62. The summed E-state index contributed by atoms with van der Waals surface area (Å²) in [4.78, 5) is 11.1. The van der Waals surface area contributed by atoms with E-state index in [9.17, 15) is 9.36 Å². The Morgan fingerprint density at radius 2 is 2.06 bits per heavy atom. The van der Waals surface area contributed by atoms with E-state index in [1.54, 1.807) is 13.8 Å². The van der Waals surface area contributed by atoms with Gasteiger partial charge in [0.1, 0.15) is 0 Å². The minimum absolute atomic E-state index is 0.159. The van der Waals surface area contributed by atoms with Gasteiger partial charge in [0.05, 0.1) is 31.3 Å². The zero-order chi connectivity index (χ0) is 13.6. The Morgan fingerprint density at radius 1 is 1.44 bits per heavy atom. The second kappa shape index (κ2) is 6.54. The molecule has 100 valence electrons. The molecule has 0 aromatic carbocycles. The van der Waals surface area contributed by atoms with E-state index in [1.165, 1.54) is 18.6 Å². The Bertz CT molecular complexity index is 452. The highest BCUT2D eigenvalue weighted by molar-refractivity contribution is 7.57. The van der Waals surface area contributed by atoms with Crippen molar-refractivity contribution in [2.45, 2.75) is 13.8 Å². The summed E-state index contributed by atoms with van der Waals surface area (Å²) in [5.41, 5.74) is 0.135. The smallest absolute Gasteiger partial charge is 0.355 e. The van der Waals surface area contributed by atoms with Crippen LogP contribution in [-0.2, 0) is 18.4 Å². The first-order valence-electron chi connectivity index (χ1n) is 5.40. The van der Waals surface area contributed by atoms with Crippen LogP contribution in [-0.4, -0.2) is 24.3 Å². The Kier molecular flexibility index (Phi) is 5.34. The van der Waals surface area contributed by atoms with Gasteiger partial charge in [-0.3, -0.25) is 4.57 Å². The van der Waals surface area contributed by atoms with Gasteiger partial charge in [0.25, 0.3) is 0 Å². The van der Waals surface area contributed by atoms with Crippen LogP contribution in [0.15, 0.2) is 28.8 Å². The third-order valence-electron chi connectivity index (χ3n) is 1.97. The van der Waals surface area contributed by atoms with E-state index in [0.29, 0.717) is 5.56 Å². The van der Waals surface area contributed by atoms with Crippen molar-refractivity contribution in [3.05, 3.63) is 30.0 Å². The minimum atomic E-state index is -3.55. The number of carboxylic acids is 1. The third-order valence-corrected chi connectivity index (χ3v) is 3.78. The molecule has 0 atom stereocenters. The molecule has 0 spiro atoms. The van der Waals surface area contributed by atoms with Gasteiger partial charge in [0.2, 0.25) is 0 Å². The van der Waals surface area contributed by atoms with Crippen molar-refractivity contribution in [2.24, 2.45) is 0 Å². The molecule has 1 aromatic heterocycles. The molecule has 1 N–H and O–H groups in total. The first kappa shape index (κ1) is 14.7. The number of rotatable bonds is 7. The van der Waals surface area contributed by atoms with Gasteiger partial charge in [-0.1, -0.05) is 0 Å². The number of hydrogen-bond donors (Lipinski definition) is 1. The van der Waals surface area contributed by atoms with Gasteiger partial charge >= 0.3 is 13.6 Å². The van der Waals surface area contributed by atoms with Crippen molar-refractivity contribution in [2.75, 3.05) is 13.2 Å². The first-order valence-corrected chi connectivity index (χ1v) is 7.01. The van der Waals surface area contributed by atoms with E-state index < -0.39 is 13.6 Å². The quantitative estimate of drug-likeness (QED) is 0.607. The maximum absolute atomic E-state index is 12.2. The van der Waals surface area contributed by atoms with Gasteiger partial charge in [0, 0.05) is 11.4 Å². The van der Waals surface area contributed by atoms with Crippen molar-refractivity contribution in [1.29, 1.82) is 0 Å². The van der Waals surface area contributed by atoms with E-state index in [1.807, 2.05) is 0 Å². The van der Waals surface area contributed by atoms with E-state index >= 15 is 0 Å². The van der Waals surface area contributed by atoms with E-state index in [0.717, 1.165) is 5.82 Å². The van der Waals surface area contributed by atoms with Gasteiger partial charge in [-0.05, 0) is 19.9 Å². The van der Waals surface area contributed by atoms with Crippen LogP contribution < -0.4 is 0 Å². The predicted octanol–water partition coefficient (Wildman–Crippen LogP) is 2.97. The maximum Gasteiger partial charge on any atom is 0.355 e. The van der Waals surface area contributed by atoms with Crippen LogP contribution >= 0.6 is 7.60 Å². The zero-order valence-electron chi connectivity index (χ0n) is 10.2. The van der Waals surface area contributed by atoms with Crippen molar-refractivity contribution in [3.63, 3.8) is 0 Å². The number of aliphatic carboxylic acids is 1. The largest absolute Gasteiger partial charge is 0.478 e. The number of carbonyl (C=O) groups is 1. The molecule has 0 radical (unpaired) electrons. The van der Waals surface area contributed by atoms with Crippen molar-refractivity contribution >= 4 is 19.1 Å². The standard InChI is InChI=1S/C11H15O6P/c1-3-16-18(14,17-4-2)8-10(11(12)13)9-5-6-15-7-9/h5-8H,3-4H2,1-2H3,(H,12,13). The van der Waals surface area contributed by atoms with Crippen molar-refractivity contribution in [3.8, 4) is 0 Å². The SMILES string of the molecule is CCOP(=O)(C=C(C(=O)O)c1ccoc1)OCC. The van der Waals surface area contributed by atoms with E-state index in [-0.39, 0.29) is 18.8 Å². The Labute approximate surface area is 105 Å². The highest BCUT2D eigenvalue weighted by Crippen LogP contribution is 2.51. The lowest BCUT2D eigenvalue weighted by Gasteiger charge is -2.13. The lowest BCUT2D eigenvalue weighted by Crippen LogP contribution is -2.01. The number of hydrogen-bond acceptors (Lipinski definition) is 5. The summed E-state index contributed by atoms with van der Waals surface area (Å²) >= 11 is 0. The summed E-state index contributed by atoms with van der Waals surface area (Å²) in [5, 5.41) is 9.10. The molecule has 18 heavy (non-hydrogen) atoms. The van der Waals surface area contributed by atoms with Crippen molar-refractivity contribution < 1.29 is 27.9 Å². The normalized spacial score (nSPS) is 12.7. The van der Waals surface area contributed by atoms with E-state index in [2.05, 4.69) is 0 Å². The van der Waals surface area contributed by atoms with Gasteiger partial charge in [-0.15, -0.1) is 0 Å². The molecule has 1 rings (SSSR count). The summed E-state index contributed by atoms with van der Waals surface area (Å²) in [7, 11) is -3.55. The molecule has 7 heteroatoms. The van der Waals surface area contributed by atoms with Crippen LogP contribution in [0, 0.1) is 0 Å². The maximum atomic E-state index is 12.2. The molecule has 0 aliphatic heterocycles. The molecular formula is C11H15O6P. The lowest BCUT2D eigenvalue weighted by molar-refractivity contribution is -0.130. The molecule has 0 saturated heterocycles. The van der Waals surface area contributed by atoms with Gasteiger partial charge in [-0.25, -0.2) is 4.79 Å². The number of furan rings is 1. The summed E-state index contributed by atoms with van der Waals surface area (Å²) in [5.74, 6) is -0.219. The highest BCUT2D eigenvalue weighted by Gasteiger charge is 2.25. The van der Waals surface area contributed by atoms with Crippen LogP contribution in [0.2, 0.25) is 0 Å². The molecule has 6 nitrogen and oxygen atoms in total. The first-order chi connectivity index (χ1) is 8.52. The topological polar surface area (TPSA) is 86.0 Å². The molecule has 1 aromatic rings. The molecular weight excluding hydrogens is 259 g/mol.